The Kier molecular flexibility index (Phi) is 8.19. The zero-order valence-electron chi connectivity index (χ0n) is 19.4. The van der Waals surface area contributed by atoms with Crippen molar-refractivity contribution >= 4 is 11.3 Å². The van der Waals surface area contributed by atoms with Crippen LogP contribution in [0.5, 0.6) is 5.75 Å². The van der Waals surface area contributed by atoms with E-state index >= 15 is 0 Å². The maximum atomic E-state index is 12.9. The van der Waals surface area contributed by atoms with E-state index in [1.165, 1.54) is 23.5 Å². The van der Waals surface area contributed by atoms with Crippen molar-refractivity contribution in [1.82, 2.24) is 4.98 Å². The number of hydrogen-bond acceptors (Lipinski definition) is 4. The second kappa shape index (κ2) is 10.7. The summed E-state index contributed by atoms with van der Waals surface area (Å²) in [5.74, 6) is 1.01. The molecule has 1 unspecified atom stereocenters. The quantitative estimate of drug-likeness (QED) is 0.343. The number of alkyl halides is 3. The van der Waals surface area contributed by atoms with Gasteiger partial charge in [-0.15, -0.1) is 11.3 Å². The lowest BCUT2D eigenvalue weighted by Gasteiger charge is -2.14. The number of thiazole rings is 1. The summed E-state index contributed by atoms with van der Waals surface area (Å²) in [6.45, 7) is 8.78. The topological polar surface area (TPSA) is 42.4 Å². The van der Waals surface area contributed by atoms with Gasteiger partial charge in [0, 0.05) is 10.4 Å². The molecule has 178 valence electrons. The summed E-state index contributed by atoms with van der Waals surface area (Å²) in [6.07, 6.45) is -2.88. The number of aromatic nitrogens is 1. The zero-order valence-corrected chi connectivity index (χ0v) is 20.2. The van der Waals surface area contributed by atoms with Crippen LogP contribution in [0.15, 0.2) is 42.5 Å². The summed E-state index contributed by atoms with van der Waals surface area (Å²) < 4.78 is 44.3. The Hall–Kier alpha value is -2.38. The monoisotopic (exact) mass is 477 g/mol. The Morgan fingerprint density at radius 2 is 1.79 bits per heavy atom. The Bertz CT molecular complexity index is 1060. The highest BCUT2D eigenvalue weighted by atomic mass is 32.1. The van der Waals surface area contributed by atoms with Crippen molar-refractivity contribution in [1.29, 1.82) is 0 Å². The molecule has 3 nitrogen and oxygen atoms in total. The Morgan fingerprint density at radius 3 is 2.36 bits per heavy atom. The van der Waals surface area contributed by atoms with E-state index in [2.05, 4.69) is 6.92 Å². The van der Waals surface area contributed by atoms with Gasteiger partial charge in [-0.05, 0) is 67.5 Å². The molecule has 0 saturated heterocycles. The number of hydrogen-bond donors (Lipinski definition) is 1. The highest BCUT2D eigenvalue weighted by Gasteiger charge is 2.30. The minimum Gasteiger partial charge on any atom is -0.493 e. The van der Waals surface area contributed by atoms with E-state index in [1.54, 1.807) is 0 Å². The molecule has 1 aromatic heterocycles. The maximum Gasteiger partial charge on any atom is 0.416 e. The summed E-state index contributed by atoms with van der Waals surface area (Å²) in [7, 11) is 0. The molecule has 7 heteroatoms. The fraction of sp³-hybridized carbons (Fsp3) is 0.423. The fourth-order valence-electron chi connectivity index (χ4n) is 3.61. The number of aliphatic hydroxyl groups excluding tert-OH is 1. The van der Waals surface area contributed by atoms with Crippen molar-refractivity contribution in [2.24, 2.45) is 0 Å². The van der Waals surface area contributed by atoms with Crippen LogP contribution < -0.4 is 4.74 Å². The van der Waals surface area contributed by atoms with Crippen molar-refractivity contribution < 1.29 is 23.0 Å². The van der Waals surface area contributed by atoms with E-state index in [1.807, 2.05) is 39.0 Å². The van der Waals surface area contributed by atoms with Gasteiger partial charge in [-0.25, -0.2) is 4.98 Å². The predicted molar refractivity (Wildman–Crippen MR) is 127 cm³/mol. The van der Waals surface area contributed by atoms with Gasteiger partial charge < -0.3 is 9.84 Å². The molecule has 2 aromatic carbocycles. The van der Waals surface area contributed by atoms with Gasteiger partial charge in [0.05, 0.1) is 24.0 Å². The summed E-state index contributed by atoms with van der Waals surface area (Å²) in [5.41, 5.74) is 2.76. The zero-order chi connectivity index (χ0) is 24.2. The molecule has 3 aromatic rings. The van der Waals surface area contributed by atoms with Crippen LogP contribution in [-0.4, -0.2) is 16.7 Å². The lowest BCUT2D eigenvalue weighted by Crippen LogP contribution is -2.03. The average Bonchev–Trinajstić information content (AvgIpc) is 3.21. The van der Waals surface area contributed by atoms with E-state index in [4.69, 9.17) is 9.72 Å². The maximum absolute atomic E-state index is 12.9. The van der Waals surface area contributed by atoms with E-state index < -0.39 is 17.8 Å². The molecule has 0 fully saturated rings. The molecule has 0 spiro atoms. The van der Waals surface area contributed by atoms with Crippen molar-refractivity contribution in [2.45, 2.75) is 65.2 Å². The minimum absolute atomic E-state index is 0.175. The van der Waals surface area contributed by atoms with Crippen molar-refractivity contribution in [3.8, 4) is 16.3 Å². The van der Waals surface area contributed by atoms with E-state index in [-0.39, 0.29) is 5.92 Å². The van der Waals surface area contributed by atoms with E-state index in [9.17, 15) is 18.3 Å². The Labute approximate surface area is 197 Å². The lowest BCUT2D eigenvalue weighted by molar-refractivity contribution is -0.137. The SMILES string of the molecule is CCCOc1ccc(C(O)CCc2sc(-c3ccc(C(F)(F)F)cc3)nc2C(C)C)cc1C. The predicted octanol–water partition coefficient (Wildman–Crippen LogP) is 7.72. The first-order valence-electron chi connectivity index (χ1n) is 11.2. The third-order valence-electron chi connectivity index (χ3n) is 5.42. The molecule has 0 aliphatic rings. The fourth-order valence-corrected chi connectivity index (χ4v) is 4.84. The van der Waals surface area contributed by atoms with Crippen LogP contribution in [-0.2, 0) is 12.6 Å². The summed E-state index contributed by atoms with van der Waals surface area (Å²) >= 11 is 1.48. The molecule has 0 bridgehead atoms. The molecule has 1 heterocycles. The average molecular weight is 478 g/mol. The van der Waals surface area contributed by atoms with Crippen LogP contribution in [0.4, 0.5) is 13.2 Å². The number of rotatable bonds is 9. The van der Waals surface area contributed by atoms with Gasteiger partial charge in [0.15, 0.2) is 0 Å². The van der Waals surface area contributed by atoms with Gasteiger partial charge in [-0.3, -0.25) is 0 Å². The molecule has 0 aliphatic carbocycles. The van der Waals surface area contributed by atoms with Crippen LogP contribution in [0.1, 0.15) is 72.9 Å². The van der Waals surface area contributed by atoms with Crippen molar-refractivity contribution in [3.63, 3.8) is 0 Å². The summed E-state index contributed by atoms with van der Waals surface area (Å²) in [4.78, 5) is 5.77. The van der Waals surface area contributed by atoms with E-state index in [0.717, 1.165) is 46.0 Å². The van der Waals surface area contributed by atoms with Crippen LogP contribution in [0, 0.1) is 6.92 Å². The Balaban J connectivity index is 1.74. The second-order valence-corrected chi connectivity index (χ2v) is 9.57. The first-order chi connectivity index (χ1) is 15.6. The van der Waals surface area contributed by atoms with Crippen LogP contribution in [0.3, 0.4) is 0 Å². The van der Waals surface area contributed by atoms with Gasteiger partial charge >= 0.3 is 6.18 Å². The van der Waals surface area contributed by atoms with Crippen LogP contribution >= 0.6 is 11.3 Å². The van der Waals surface area contributed by atoms with Gasteiger partial charge in [0.2, 0.25) is 0 Å². The third kappa shape index (κ3) is 6.36. The standard InChI is InChI=1S/C26H30F3NO2S/c1-5-14-32-22-12-8-19(15-17(22)4)21(31)11-13-23-24(16(2)3)30-25(33-23)18-6-9-20(10-7-18)26(27,28)29/h6-10,12,15-16,21,31H,5,11,13-14H2,1-4H3. The molecular weight excluding hydrogens is 447 g/mol. The first kappa shape index (κ1) is 25.2. The highest BCUT2D eigenvalue weighted by molar-refractivity contribution is 7.15. The first-order valence-corrected chi connectivity index (χ1v) is 12.0. The Morgan fingerprint density at radius 1 is 1.09 bits per heavy atom. The van der Waals surface area contributed by atoms with Gasteiger partial charge in [0.25, 0.3) is 0 Å². The molecule has 1 atom stereocenters. The molecule has 0 saturated carbocycles. The van der Waals surface area contributed by atoms with Crippen molar-refractivity contribution in [2.75, 3.05) is 6.61 Å². The molecule has 0 amide bonds. The number of ether oxygens (including phenoxy) is 1. The summed E-state index contributed by atoms with van der Waals surface area (Å²) in [5, 5.41) is 11.5. The minimum atomic E-state index is -4.36. The molecule has 33 heavy (non-hydrogen) atoms. The third-order valence-corrected chi connectivity index (χ3v) is 6.60. The van der Waals surface area contributed by atoms with Crippen LogP contribution in [0.2, 0.25) is 0 Å². The van der Waals surface area contributed by atoms with E-state index in [0.29, 0.717) is 30.0 Å². The number of halogens is 3. The number of nitrogens with zero attached hydrogens (tertiary/aromatic N) is 1. The second-order valence-electron chi connectivity index (χ2n) is 8.49. The highest BCUT2D eigenvalue weighted by Crippen LogP contribution is 2.36. The number of aryl methyl sites for hydroxylation is 2. The molecule has 3 rings (SSSR count). The van der Waals surface area contributed by atoms with Crippen LogP contribution in [0.25, 0.3) is 10.6 Å². The van der Waals surface area contributed by atoms with Gasteiger partial charge in [-0.2, -0.15) is 13.2 Å². The number of aliphatic hydroxyl groups is 1. The van der Waals surface area contributed by atoms with Crippen molar-refractivity contribution in [3.05, 3.63) is 69.7 Å². The summed E-state index contributed by atoms with van der Waals surface area (Å²) in [6, 6.07) is 10.9. The van der Waals surface area contributed by atoms with Gasteiger partial charge in [0.1, 0.15) is 10.8 Å². The molecular formula is C26H30F3NO2S. The molecule has 1 N–H and O–H groups in total. The molecule has 0 aliphatic heterocycles. The largest absolute Gasteiger partial charge is 0.493 e. The number of benzene rings is 2. The van der Waals surface area contributed by atoms with Gasteiger partial charge in [-0.1, -0.05) is 39.0 Å². The lowest BCUT2D eigenvalue weighted by atomic mass is 10.00. The smallest absolute Gasteiger partial charge is 0.416 e. The molecule has 0 radical (unpaired) electrons. The normalized spacial score (nSPS) is 12.9.